The zero-order chi connectivity index (χ0) is 13.4. The lowest BCUT2D eigenvalue weighted by Gasteiger charge is -2.15. The Labute approximate surface area is 121 Å². The summed E-state index contributed by atoms with van der Waals surface area (Å²) >= 11 is 11.6. The number of aromatic nitrogens is 2. The van der Waals surface area contributed by atoms with Gasteiger partial charge in [-0.15, -0.1) is 0 Å². The minimum atomic E-state index is 0.168. The molecule has 19 heavy (non-hydrogen) atoms. The number of rotatable bonds is 2. The van der Waals surface area contributed by atoms with Crippen LogP contribution in [0.15, 0.2) is 48.5 Å². The molecule has 2 nitrogen and oxygen atoms in total. The smallest absolute Gasteiger partial charge is 0.178 e. The van der Waals surface area contributed by atoms with Crippen molar-refractivity contribution < 1.29 is 0 Å². The molecule has 3 aromatic rings. The first kappa shape index (κ1) is 12.5. The molecule has 3 rings (SSSR count). The van der Waals surface area contributed by atoms with Crippen LogP contribution in [0.2, 0.25) is 5.02 Å². The van der Waals surface area contributed by atoms with E-state index in [1.165, 1.54) is 5.56 Å². The quantitative estimate of drug-likeness (QED) is 0.661. The third-order valence-electron chi connectivity index (χ3n) is 3.37. The molecule has 96 valence electrons. The standard InChI is InChI=1S/C15H13ClN2S/c1-10(11-6-3-2-4-7-11)18-13-9-5-8-12(16)14(13)17-15(18)19/h2-10H,1H3,(H,17,19). The van der Waals surface area contributed by atoms with Crippen LogP contribution < -0.4 is 0 Å². The van der Waals surface area contributed by atoms with Crippen LogP contribution in [0, 0.1) is 4.77 Å². The summed E-state index contributed by atoms with van der Waals surface area (Å²) in [7, 11) is 0. The summed E-state index contributed by atoms with van der Waals surface area (Å²) in [6, 6.07) is 16.3. The number of aromatic amines is 1. The minimum absolute atomic E-state index is 0.168. The highest BCUT2D eigenvalue weighted by Crippen LogP contribution is 2.27. The molecule has 1 aromatic heterocycles. The number of hydrogen-bond acceptors (Lipinski definition) is 1. The molecule has 0 radical (unpaired) electrons. The summed E-state index contributed by atoms with van der Waals surface area (Å²) in [4.78, 5) is 3.19. The van der Waals surface area contributed by atoms with Gasteiger partial charge < -0.3 is 9.55 Å². The van der Waals surface area contributed by atoms with Gasteiger partial charge in [-0.3, -0.25) is 0 Å². The highest BCUT2D eigenvalue weighted by molar-refractivity contribution is 7.71. The van der Waals surface area contributed by atoms with Crippen molar-refractivity contribution in [2.75, 3.05) is 0 Å². The third-order valence-corrected chi connectivity index (χ3v) is 3.98. The van der Waals surface area contributed by atoms with E-state index in [0.29, 0.717) is 9.79 Å². The Balaban J connectivity index is 2.23. The van der Waals surface area contributed by atoms with Gasteiger partial charge in [0, 0.05) is 0 Å². The number of benzene rings is 2. The van der Waals surface area contributed by atoms with Gasteiger partial charge in [-0.25, -0.2) is 0 Å². The predicted octanol–water partition coefficient (Wildman–Crippen LogP) is 4.96. The van der Waals surface area contributed by atoms with Crippen molar-refractivity contribution >= 4 is 34.9 Å². The lowest BCUT2D eigenvalue weighted by atomic mass is 10.1. The Kier molecular flexibility index (Phi) is 3.17. The Morgan fingerprint density at radius 3 is 2.58 bits per heavy atom. The number of nitrogens with zero attached hydrogens (tertiary/aromatic N) is 1. The zero-order valence-corrected chi connectivity index (χ0v) is 12.0. The number of fused-ring (bicyclic) bond motifs is 1. The van der Waals surface area contributed by atoms with E-state index in [1.54, 1.807) is 0 Å². The predicted molar refractivity (Wildman–Crippen MR) is 82.4 cm³/mol. The Hall–Kier alpha value is -1.58. The maximum absolute atomic E-state index is 6.20. The van der Waals surface area contributed by atoms with Crippen LogP contribution in [0.4, 0.5) is 0 Å². The molecule has 0 saturated carbocycles. The lowest BCUT2D eigenvalue weighted by Crippen LogP contribution is -2.06. The minimum Gasteiger partial charge on any atom is -0.329 e. The largest absolute Gasteiger partial charge is 0.329 e. The molecule has 0 aliphatic carbocycles. The Morgan fingerprint density at radius 1 is 1.11 bits per heavy atom. The second-order valence-electron chi connectivity index (χ2n) is 4.52. The summed E-state index contributed by atoms with van der Waals surface area (Å²) in [5.74, 6) is 0. The van der Waals surface area contributed by atoms with Gasteiger partial charge in [-0.2, -0.15) is 0 Å². The second-order valence-corrected chi connectivity index (χ2v) is 5.31. The Morgan fingerprint density at radius 2 is 1.84 bits per heavy atom. The molecular formula is C15H13ClN2S. The van der Waals surface area contributed by atoms with Gasteiger partial charge in [0.15, 0.2) is 4.77 Å². The van der Waals surface area contributed by atoms with Crippen LogP contribution >= 0.6 is 23.8 Å². The van der Waals surface area contributed by atoms with E-state index in [0.717, 1.165) is 11.0 Å². The molecular weight excluding hydrogens is 276 g/mol. The van der Waals surface area contributed by atoms with E-state index in [4.69, 9.17) is 23.8 Å². The fourth-order valence-corrected chi connectivity index (χ4v) is 2.95. The maximum Gasteiger partial charge on any atom is 0.178 e. The van der Waals surface area contributed by atoms with Gasteiger partial charge in [0.05, 0.1) is 22.1 Å². The number of halogens is 1. The molecule has 4 heteroatoms. The number of nitrogens with one attached hydrogen (secondary N) is 1. The average molecular weight is 289 g/mol. The third kappa shape index (κ3) is 2.09. The fraction of sp³-hybridized carbons (Fsp3) is 0.133. The van der Waals surface area contributed by atoms with Gasteiger partial charge in [-0.1, -0.05) is 48.0 Å². The number of para-hydroxylation sites is 1. The van der Waals surface area contributed by atoms with Crippen LogP contribution in [0.25, 0.3) is 11.0 Å². The van der Waals surface area contributed by atoms with Crippen LogP contribution in [-0.2, 0) is 0 Å². The van der Waals surface area contributed by atoms with E-state index >= 15 is 0 Å². The van der Waals surface area contributed by atoms with Crippen molar-refractivity contribution in [3.05, 3.63) is 63.9 Å². The normalized spacial score (nSPS) is 12.7. The van der Waals surface area contributed by atoms with Crippen LogP contribution in [0.5, 0.6) is 0 Å². The molecule has 0 aliphatic heterocycles. The van der Waals surface area contributed by atoms with Gasteiger partial charge >= 0.3 is 0 Å². The molecule has 2 aromatic carbocycles. The van der Waals surface area contributed by atoms with Crippen molar-refractivity contribution in [2.24, 2.45) is 0 Å². The summed E-state index contributed by atoms with van der Waals surface area (Å²) in [5.41, 5.74) is 3.16. The fourth-order valence-electron chi connectivity index (χ4n) is 2.38. The first-order chi connectivity index (χ1) is 9.18. The first-order valence-corrected chi connectivity index (χ1v) is 6.91. The van der Waals surface area contributed by atoms with Crippen LogP contribution in [-0.4, -0.2) is 9.55 Å². The lowest BCUT2D eigenvalue weighted by molar-refractivity contribution is 0.649. The summed E-state index contributed by atoms with van der Waals surface area (Å²) in [6.45, 7) is 2.14. The topological polar surface area (TPSA) is 20.7 Å². The van der Waals surface area contributed by atoms with E-state index in [2.05, 4.69) is 28.6 Å². The first-order valence-electron chi connectivity index (χ1n) is 6.12. The van der Waals surface area contributed by atoms with Gasteiger partial charge in [0.2, 0.25) is 0 Å². The second kappa shape index (κ2) is 4.83. The summed E-state index contributed by atoms with van der Waals surface area (Å²) < 4.78 is 2.80. The number of imidazole rings is 1. The van der Waals surface area contributed by atoms with Crippen LogP contribution in [0.1, 0.15) is 18.5 Å². The molecule has 0 bridgehead atoms. The van der Waals surface area contributed by atoms with Gasteiger partial charge in [-0.05, 0) is 36.8 Å². The molecule has 1 unspecified atom stereocenters. The highest BCUT2D eigenvalue weighted by atomic mass is 35.5. The van der Waals surface area contributed by atoms with Crippen molar-refractivity contribution in [1.29, 1.82) is 0 Å². The highest BCUT2D eigenvalue weighted by Gasteiger charge is 2.13. The molecule has 0 saturated heterocycles. The molecule has 0 aliphatic rings. The van der Waals surface area contributed by atoms with E-state index in [1.807, 2.05) is 36.4 Å². The monoisotopic (exact) mass is 288 g/mol. The van der Waals surface area contributed by atoms with Crippen molar-refractivity contribution in [2.45, 2.75) is 13.0 Å². The molecule has 1 atom stereocenters. The maximum atomic E-state index is 6.20. The summed E-state index contributed by atoms with van der Waals surface area (Å²) in [6.07, 6.45) is 0. The molecule has 0 spiro atoms. The average Bonchev–Trinajstić information content (AvgIpc) is 2.77. The summed E-state index contributed by atoms with van der Waals surface area (Å²) in [5, 5.41) is 0.697. The van der Waals surface area contributed by atoms with E-state index in [-0.39, 0.29) is 6.04 Å². The van der Waals surface area contributed by atoms with Crippen LogP contribution in [0.3, 0.4) is 0 Å². The number of H-pyrrole nitrogens is 1. The number of hydrogen-bond donors (Lipinski definition) is 1. The Bertz CT molecular complexity index is 774. The molecule has 0 fully saturated rings. The van der Waals surface area contributed by atoms with Gasteiger partial charge in [0.1, 0.15) is 0 Å². The van der Waals surface area contributed by atoms with E-state index < -0.39 is 0 Å². The zero-order valence-electron chi connectivity index (χ0n) is 10.4. The van der Waals surface area contributed by atoms with E-state index in [9.17, 15) is 0 Å². The van der Waals surface area contributed by atoms with Gasteiger partial charge in [0.25, 0.3) is 0 Å². The van der Waals surface area contributed by atoms with Crippen molar-refractivity contribution in [1.82, 2.24) is 9.55 Å². The SMILES string of the molecule is CC(c1ccccc1)n1c(=S)[nH]c2c(Cl)cccc21. The molecule has 0 amide bonds. The molecule has 1 N–H and O–H groups in total. The van der Waals surface area contributed by atoms with Crippen molar-refractivity contribution in [3.8, 4) is 0 Å². The van der Waals surface area contributed by atoms with Crippen molar-refractivity contribution in [3.63, 3.8) is 0 Å². The molecule has 1 heterocycles.